The second-order valence-electron chi connectivity index (χ2n) is 5.62. The number of hydrogen-bond donors (Lipinski definition) is 2. The monoisotopic (exact) mass is 363 g/mol. The van der Waals surface area contributed by atoms with Crippen LogP contribution in [0, 0.1) is 6.92 Å². The molecule has 1 heterocycles. The average molecular weight is 364 g/mol. The van der Waals surface area contributed by atoms with E-state index in [1.165, 1.54) is 18.1 Å². The van der Waals surface area contributed by atoms with E-state index in [1.54, 1.807) is 13.0 Å². The summed E-state index contributed by atoms with van der Waals surface area (Å²) in [6.45, 7) is 6.64. The fraction of sp³-hybridized carbons (Fsp3) is 0.600. The molecule has 23 heavy (non-hydrogen) atoms. The molecule has 0 unspecified atom stereocenters. The van der Waals surface area contributed by atoms with Gasteiger partial charge in [0.25, 0.3) is 0 Å². The SMILES string of the molecule is COc1cc(C)c(Cl)cc1S(=O)(=O)NCCC[NH+]1CCOCC1. The van der Waals surface area contributed by atoms with Gasteiger partial charge in [0.15, 0.2) is 0 Å². The van der Waals surface area contributed by atoms with Gasteiger partial charge >= 0.3 is 0 Å². The molecule has 0 saturated carbocycles. The quantitative estimate of drug-likeness (QED) is 0.681. The Labute approximate surface area is 142 Å². The second kappa shape index (κ2) is 8.30. The van der Waals surface area contributed by atoms with Crippen LogP contribution in [0.15, 0.2) is 17.0 Å². The molecular weight excluding hydrogens is 340 g/mol. The molecule has 0 spiro atoms. The van der Waals surface area contributed by atoms with Gasteiger partial charge in [0.1, 0.15) is 23.7 Å². The first-order valence-corrected chi connectivity index (χ1v) is 9.55. The van der Waals surface area contributed by atoms with Gasteiger partial charge in [0.05, 0.1) is 26.9 Å². The Morgan fingerprint density at radius 1 is 1.35 bits per heavy atom. The van der Waals surface area contributed by atoms with E-state index in [9.17, 15) is 8.42 Å². The predicted molar refractivity (Wildman–Crippen MR) is 88.9 cm³/mol. The first-order valence-electron chi connectivity index (χ1n) is 7.69. The van der Waals surface area contributed by atoms with E-state index in [2.05, 4.69) is 4.72 Å². The van der Waals surface area contributed by atoms with Crippen molar-refractivity contribution >= 4 is 21.6 Å². The van der Waals surface area contributed by atoms with Crippen LogP contribution in [0.5, 0.6) is 5.75 Å². The molecule has 8 heteroatoms. The standard InChI is InChI=1S/C15H23ClN2O4S/c1-12-10-14(21-2)15(11-13(12)16)23(19,20)17-4-3-5-18-6-8-22-9-7-18/h10-11,17H,3-9H2,1-2H3/p+1. The van der Waals surface area contributed by atoms with Gasteiger partial charge in [-0.05, 0) is 24.6 Å². The number of quaternary nitrogens is 1. The third-order valence-electron chi connectivity index (χ3n) is 3.93. The van der Waals surface area contributed by atoms with Crippen molar-refractivity contribution in [3.8, 4) is 5.75 Å². The Kier molecular flexibility index (Phi) is 6.67. The molecule has 2 rings (SSSR count). The zero-order valence-electron chi connectivity index (χ0n) is 13.5. The van der Waals surface area contributed by atoms with Crippen LogP contribution in [0.1, 0.15) is 12.0 Å². The minimum atomic E-state index is -3.64. The van der Waals surface area contributed by atoms with Crippen LogP contribution in [0.2, 0.25) is 5.02 Å². The third kappa shape index (κ3) is 5.06. The maximum absolute atomic E-state index is 12.4. The molecule has 1 aromatic rings. The van der Waals surface area contributed by atoms with Gasteiger partial charge in [-0.2, -0.15) is 0 Å². The predicted octanol–water partition coefficient (Wildman–Crippen LogP) is 0.241. The highest BCUT2D eigenvalue weighted by atomic mass is 35.5. The molecule has 6 nitrogen and oxygen atoms in total. The van der Waals surface area contributed by atoms with Crippen LogP contribution < -0.4 is 14.4 Å². The van der Waals surface area contributed by atoms with Crippen LogP contribution in [0.25, 0.3) is 0 Å². The molecule has 0 atom stereocenters. The summed E-state index contributed by atoms with van der Waals surface area (Å²) in [6.07, 6.45) is 0.774. The van der Waals surface area contributed by atoms with E-state index in [-0.39, 0.29) is 4.90 Å². The number of nitrogens with one attached hydrogen (secondary N) is 2. The lowest BCUT2D eigenvalue weighted by molar-refractivity contribution is -0.908. The number of halogens is 1. The molecule has 1 aliphatic heterocycles. The first kappa shape index (κ1) is 18.5. The average Bonchev–Trinajstić information content (AvgIpc) is 2.54. The summed E-state index contributed by atoms with van der Waals surface area (Å²) in [5.74, 6) is 0.304. The molecule has 0 radical (unpaired) electrons. The summed E-state index contributed by atoms with van der Waals surface area (Å²) in [5, 5.41) is 0.406. The van der Waals surface area contributed by atoms with Crippen molar-refractivity contribution in [2.75, 3.05) is 46.5 Å². The molecule has 0 amide bonds. The van der Waals surface area contributed by atoms with Gasteiger partial charge in [-0.25, -0.2) is 13.1 Å². The highest BCUT2D eigenvalue weighted by molar-refractivity contribution is 7.89. The summed E-state index contributed by atoms with van der Waals surface area (Å²) in [5.41, 5.74) is 0.776. The van der Waals surface area contributed by atoms with Gasteiger partial charge in [-0.1, -0.05) is 11.6 Å². The van der Waals surface area contributed by atoms with E-state index in [4.69, 9.17) is 21.1 Å². The van der Waals surface area contributed by atoms with Gasteiger partial charge in [0, 0.05) is 18.0 Å². The van der Waals surface area contributed by atoms with Crippen molar-refractivity contribution in [3.63, 3.8) is 0 Å². The Morgan fingerprint density at radius 3 is 2.70 bits per heavy atom. The number of methoxy groups -OCH3 is 1. The minimum Gasteiger partial charge on any atom is -0.495 e. The number of aryl methyl sites for hydroxylation is 1. The van der Waals surface area contributed by atoms with Crippen molar-refractivity contribution in [3.05, 3.63) is 22.7 Å². The lowest BCUT2D eigenvalue weighted by atomic mass is 10.2. The Balaban J connectivity index is 1.94. The normalized spacial score (nSPS) is 16.5. The molecule has 0 aliphatic carbocycles. The van der Waals surface area contributed by atoms with E-state index >= 15 is 0 Å². The molecular formula is C15H24ClN2O4S+. The summed E-state index contributed by atoms with van der Waals surface area (Å²) >= 11 is 6.05. The highest BCUT2D eigenvalue weighted by Crippen LogP contribution is 2.29. The fourth-order valence-corrected chi connectivity index (χ4v) is 4.02. The van der Waals surface area contributed by atoms with E-state index in [0.29, 0.717) is 17.3 Å². The molecule has 1 saturated heterocycles. The van der Waals surface area contributed by atoms with Crippen molar-refractivity contribution < 1.29 is 22.8 Å². The highest BCUT2D eigenvalue weighted by Gasteiger charge is 2.21. The van der Waals surface area contributed by atoms with Crippen molar-refractivity contribution in [1.29, 1.82) is 0 Å². The lowest BCUT2D eigenvalue weighted by Gasteiger charge is -2.23. The van der Waals surface area contributed by atoms with Gasteiger partial charge in [-0.15, -0.1) is 0 Å². The van der Waals surface area contributed by atoms with E-state index in [1.807, 2.05) is 0 Å². The van der Waals surface area contributed by atoms with Crippen molar-refractivity contribution in [2.45, 2.75) is 18.2 Å². The minimum absolute atomic E-state index is 0.0781. The van der Waals surface area contributed by atoms with E-state index < -0.39 is 10.0 Å². The Morgan fingerprint density at radius 2 is 2.04 bits per heavy atom. The number of rotatable bonds is 7. The van der Waals surface area contributed by atoms with Crippen LogP contribution >= 0.6 is 11.6 Å². The molecule has 0 aromatic heterocycles. The number of ether oxygens (including phenoxy) is 2. The number of benzene rings is 1. The largest absolute Gasteiger partial charge is 0.495 e. The number of hydrogen-bond acceptors (Lipinski definition) is 4. The summed E-state index contributed by atoms with van der Waals surface area (Å²) in [7, 11) is -2.19. The van der Waals surface area contributed by atoms with Gasteiger partial charge in [-0.3, -0.25) is 0 Å². The maximum atomic E-state index is 12.4. The van der Waals surface area contributed by atoms with Crippen molar-refractivity contribution in [2.24, 2.45) is 0 Å². The van der Waals surface area contributed by atoms with E-state index in [0.717, 1.165) is 44.8 Å². The van der Waals surface area contributed by atoms with Gasteiger partial charge in [0.2, 0.25) is 10.0 Å². The number of morpholine rings is 1. The topological polar surface area (TPSA) is 69.1 Å². The summed E-state index contributed by atoms with van der Waals surface area (Å²) in [6, 6.07) is 3.07. The summed E-state index contributed by atoms with van der Waals surface area (Å²) in [4.78, 5) is 1.53. The van der Waals surface area contributed by atoms with Crippen LogP contribution in [0.4, 0.5) is 0 Å². The van der Waals surface area contributed by atoms with Crippen LogP contribution in [-0.2, 0) is 14.8 Å². The zero-order chi connectivity index (χ0) is 16.9. The van der Waals surface area contributed by atoms with Gasteiger partial charge < -0.3 is 14.4 Å². The van der Waals surface area contributed by atoms with Crippen LogP contribution in [-0.4, -0.2) is 54.9 Å². The molecule has 2 N–H and O–H groups in total. The zero-order valence-corrected chi connectivity index (χ0v) is 15.1. The van der Waals surface area contributed by atoms with Crippen molar-refractivity contribution in [1.82, 2.24) is 4.72 Å². The Bertz CT molecular complexity index is 631. The molecule has 130 valence electrons. The molecule has 1 fully saturated rings. The fourth-order valence-electron chi connectivity index (χ4n) is 2.54. The molecule has 0 bridgehead atoms. The Hall–Kier alpha value is -0.860. The second-order valence-corrected chi connectivity index (χ2v) is 7.76. The molecule has 1 aliphatic rings. The maximum Gasteiger partial charge on any atom is 0.244 e. The lowest BCUT2D eigenvalue weighted by Crippen LogP contribution is -3.14. The van der Waals surface area contributed by atoms with Crippen LogP contribution in [0.3, 0.4) is 0 Å². The summed E-state index contributed by atoms with van der Waals surface area (Å²) < 4.78 is 38.0. The smallest absolute Gasteiger partial charge is 0.244 e. The third-order valence-corrected chi connectivity index (χ3v) is 5.82. The first-order chi connectivity index (χ1) is 10.9. The molecule has 1 aromatic carbocycles. The number of sulfonamides is 1.